The molecule has 1 rings (SSSR count). The summed E-state index contributed by atoms with van der Waals surface area (Å²) in [6.45, 7) is 10.3. The summed E-state index contributed by atoms with van der Waals surface area (Å²) < 4.78 is 10.9. The van der Waals surface area contributed by atoms with Gasteiger partial charge in [-0.15, -0.1) is 0 Å². The minimum absolute atomic E-state index is 0.287. The van der Waals surface area contributed by atoms with Crippen molar-refractivity contribution in [2.75, 3.05) is 25.1 Å². The summed E-state index contributed by atoms with van der Waals surface area (Å²) >= 11 is 0. The Morgan fingerprint density at radius 2 is 2.05 bits per heavy atom. The van der Waals surface area contributed by atoms with Gasteiger partial charge in [0.2, 0.25) is 5.88 Å². The molecule has 1 aromatic rings. The molecule has 0 saturated carbocycles. The lowest BCUT2D eigenvalue weighted by atomic mass is 10.4. The van der Waals surface area contributed by atoms with Crippen LogP contribution in [-0.2, 0) is 11.2 Å². The average molecular weight is 267 g/mol. The fourth-order valence-corrected chi connectivity index (χ4v) is 1.55. The monoisotopic (exact) mass is 267 g/mol. The molecule has 19 heavy (non-hydrogen) atoms. The minimum Gasteiger partial charge on any atom is -0.478 e. The number of ether oxygens (including phenoxy) is 2. The zero-order valence-corrected chi connectivity index (χ0v) is 12.4. The first-order valence-electron chi connectivity index (χ1n) is 7.01. The molecule has 108 valence electrons. The number of nitrogens with one attached hydrogen (secondary N) is 1. The Balaban J connectivity index is 2.45. The highest BCUT2D eigenvalue weighted by molar-refractivity contribution is 5.38. The molecule has 5 nitrogen and oxygen atoms in total. The fourth-order valence-electron chi connectivity index (χ4n) is 1.55. The maximum absolute atomic E-state index is 5.49. The lowest BCUT2D eigenvalue weighted by molar-refractivity contribution is 0.0787. The molecule has 0 spiro atoms. The first-order chi connectivity index (χ1) is 9.15. The van der Waals surface area contributed by atoms with E-state index >= 15 is 0 Å². The molecule has 0 aliphatic rings. The molecule has 0 unspecified atom stereocenters. The third-order valence-electron chi connectivity index (χ3n) is 2.44. The van der Waals surface area contributed by atoms with Crippen molar-refractivity contribution in [3.63, 3.8) is 0 Å². The van der Waals surface area contributed by atoms with Gasteiger partial charge in [0.05, 0.1) is 12.7 Å². The van der Waals surface area contributed by atoms with Gasteiger partial charge < -0.3 is 14.8 Å². The highest BCUT2D eigenvalue weighted by Gasteiger charge is 2.03. The summed E-state index contributed by atoms with van der Waals surface area (Å²) in [7, 11) is 0. The van der Waals surface area contributed by atoms with Crippen LogP contribution in [0.4, 0.5) is 5.82 Å². The summed E-state index contributed by atoms with van der Waals surface area (Å²) in [6, 6.07) is 1.84. The van der Waals surface area contributed by atoms with Crippen LogP contribution >= 0.6 is 0 Å². The van der Waals surface area contributed by atoms with Crippen LogP contribution in [0.1, 0.15) is 39.9 Å². The van der Waals surface area contributed by atoms with Crippen LogP contribution in [0.15, 0.2) is 6.07 Å². The van der Waals surface area contributed by atoms with Crippen molar-refractivity contribution < 1.29 is 9.47 Å². The fraction of sp³-hybridized carbons (Fsp3) is 0.714. The van der Waals surface area contributed by atoms with Gasteiger partial charge in [0, 0.05) is 25.6 Å². The minimum atomic E-state index is 0.287. The SMILES string of the molecule is CCOc1cc(NCCCOC(C)C)nc(CC)n1. The van der Waals surface area contributed by atoms with Crippen molar-refractivity contribution in [3.8, 4) is 5.88 Å². The summed E-state index contributed by atoms with van der Waals surface area (Å²) in [5, 5.41) is 3.28. The predicted molar refractivity (Wildman–Crippen MR) is 76.8 cm³/mol. The van der Waals surface area contributed by atoms with Crippen LogP contribution in [0.25, 0.3) is 0 Å². The number of nitrogens with zero attached hydrogens (tertiary/aromatic N) is 2. The van der Waals surface area contributed by atoms with E-state index < -0.39 is 0 Å². The average Bonchev–Trinajstić information content (AvgIpc) is 2.38. The van der Waals surface area contributed by atoms with Crippen LogP contribution in [0.2, 0.25) is 0 Å². The molecule has 0 aliphatic carbocycles. The van der Waals surface area contributed by atoms with E-state index in [9.17, 15) is 0 Å². The number of hydrogen-bond acceptors (Lipinski definition) is 5. The Bertz CT molecular complexity index is 370. The van der Waals surface area contributed by atoms with E-state index in [-0.39, 0.29) is 6.10 Å². The van der Waals surface area contributed by atoms with Crippen molar-refractivity contribution in [2.24, 2.45) is 0 Å². The highest BCUT2D eigenvalue weighted by Crippen LogP contribution is 2.14. The van der Waals surface area contributed by atoms with Gasteiger partial charge in [-0.25, -0.2) is 4.98 Å². The Morgan fingerprint density at radius 1 is 1.26 bits per heavy atom. The third kappa shape index (κ3) is 6.38. The van der Waals surface area contributed by atoms with Gasteiger partial charge in [-0.3, -0.25) is 0 Å². The topological polar surface area (TPSA) is 56.3 Å². The second-order valence-corrected chi connectivity index (χ2v) is 4.49. The van der Waals surface area contributed by atoms with Gasteiger partial charge in [-0.1, -0.05) is 6.92 Å². The Hall–Kier alpha value is -1.36. The standard InChI is InChI=1S/C14H25N3O2/c1-5-12-16-13(10-14(17-12)18-6-2)15-8-7-9-19-11(3)4/h10-11H,5-9H2,1-4H3,(H,15,16,17). The molecule has 0 fully saturated rings. The summed E-state index contributed by atoms with van der Waals surface area (Å²) in [5.74, 6) is 2.25. The molecule has 0 amide bonds. The Kier molecular flexibility index (Phi) is 7.18. The van der Waals surface area contributed by atoms with E-state index in [1.54, 1.807) is 0 Å². The van der Waals surface area contributed by atoms with E-state index in [2.05, 4.69) is 15.3 Å². The first-order valence-corrected chi connectivity index (χ1v) is 7.01. The summed E-state index contributed by atoms with van der Waals surface area (Å²) in [6.07, 6.45) is 2.04. The number of aryl methyl sites for hydroxylation is 1. The first kappa shape index (κ1) is 15.7. The maximum Gasteiger partial charge on any atom is 0.218 e. The van der Waals surface area contributed by atoms with E-state index in [1.165, 1.54) is 0 Å². The van der Waals surface area contributed by atoms with Crippen molar-refractivity contribution >= 4 is 5.82 Å². The largest absolute Gasteiger partial charge is 0.478 e. The van der Waals surface area contributed by atoms with Crippen molar-refractivity contribution in [3.05, 3.63) is 11.9 Å². The van der Waals surface area contributed by atoms with Crippen molar-refractivity contribution in [2.45, 2.75) is 46.6 Å². The molecule has 0 radical (unpaired) electrons. The zero-order chi connectivity index (χ0) is 14.1. The lowest BCUT2D eigenvalue weighted by Gasteiger charge is -2.10. The molecule has 0 atom stereocenters. The number of rotatable bonds is 9. The second kappa shape index (κ2) is 8.69. The van der Waals surface area contributed by atoms with Crippen LogP contribution in [0, 0.1) is 0 Å². The predicted octanol–water partition coefficient (Wildman–Crippen LogP) is 2.66. The molecular formula is C14H25N3O2. The quantitative estimate of drug-likeness (QED) is 0.697. The van der Waals surface area contributed by atoms with Gasteiger partial charge >= 0.3 is 0 Å². The zero-order valence-electron chi connectivity index (χ0n) is 12.4. The molecule has 0 saturated heterocycles. The van der Waals surface area contributed by atoms with E-state index in [0.29, 0.717) is 12.5 Å². The molecule has 1 heterocycles. The van der Waals surface area contributed by atoms with Crippen LogP contribution in [0.5, 0.6) is 5.88 Å². The summed E-state index contributed by atoms with van der Waals surface area (Å²) in [5.41, 5.74) is 0. The molecule has 0 aliphatic heterocycles. The van der Waals surface area contributed by atoms with Gasteiger partial charge in [0.15, 0.2) is 0 Å². The molecular weight excluding hydrogens is 242 g/mol. The van der Waals surface area contributed by atoms with Gasteiger partial charge in [0.25, 0.3) is 0 Å². The maximum atomic E-state index is 5.49. The lowest BCUT2D eigenvalue weighted by Crippen LogP contribution is -2.11. The van der Waals surface area contributed by atoms with Gasteiger partial charge in [-0.05, 0) is 27.2 Å². The highest BCUT2D eigenvalue weighted by atomic mass is 16.5. The van der Waals surface area contributed by atoms with E-state index in [1.807, 2.05) is 33.8 Å². The van der Waals surface area contributed by atoms with Crippen molar-refractivity contribution in [1.82, 2.24) is 9.97 Å². The Morgan fingerprint density at radius 3 is 2.68 bits per heavy atom. The van der Waals surface area contributed by atoms with Gasteiger partial charge in [0.1, 0.15) is 11.6 Å². The van der Waals surface area contributed by atoms with Gasteiger partial charge in [-0.2, -0.15) is 4.98 Å². The summed E-state index contributed by atoms with van der Waals surface area (Å²) in [4.78, 5) is 8.74. The normalized spacial score (nSPS) is 10.8. The van der Waals surface area contributed by atoms with Crippen LogP contribution in [0.3, 0.4) is 0 Å². The molecule has 1 aromatic heterocycles. The number of aromatic nitrogens is 2. The smallest absolute Gasteiger partial charge is 0.218 e. The van der Waals surface area contributed by atoms with E-state index in [0.717, 1.165) is 37.6 Å². The number of hydrogen-bond donors (Lipinski definition) is 1. The van der Waals surface area contributed by atoms with Crippen LogP contribution < -0.4 is 10.1 Å². The molecule has 1 N–H and O–H groups in total. The molecule has 5 heteroatoms. The molecule has 0 bridgehead atoms. The second-order valence-electron chi connectivity index (χ2n) is 4.49. The molecule has 0 aromatic carbocycles. The van der Waals surface area contributed by atoms with E-state index in [4.69, 9.17) is 9.47 Å². The van der Waals surface area contributed by atoms with Crippen molar-refractivity contribution in [1.29, 1.82) is 0 Å². The third-order valence-corrected chi connectivity index (χ3v) is 2.44. The Labute approximate surface area is 115 Å². The van der Waals surface area contributed by atoms with Crippen LogP contribution in [-0.4, -0.2) is 35.8 Å². The number of anilines is 1.